The summed E-state index contributed by atoms with van der Waals surface area (Å²) in [6.45, 7) is 0. The van der Waals surface area contributed by atoms with Crippen LogP contribution in [-0.2, 0) is 0 Å². The number of para-hydroxylation sites is 6. The zero-order valence-electron chi connectivity index (χ0n) is 30.6. The summed E-state index contributed by atoms with van der Waals surface area (Å²) in [5.74, 6) is -41.2. The second-order valence-corrected chi connectivity index (χ2v) is 13.1. The first-order valence-corrected chi connectivity index (χ1v) is 17.5. The van der Waals surface area contributed by atoms with E-state index in [1.807, 2.05) is 0 Å². The molecule has 0 saturated carbocycles. The highest BCUT2D eigenvalue weighted by molar-refractivity contribution is 6.37. The Morgan fingerprint density at radius 3 is 0.734 bits per heavy atom. The smallest absolute Gasteiger partial charge is 0.394 e. The van der Waals surface area contributed by atoms with E-state index < -0.39 is 145 Å². The third kappa shape index (κ3) is 6.19. The van der Waals surface area contributed by atoms with Crippen LogP contribution in [0.3, 0.4) is 0 Å². The van der Waals surface area contributed by atoms with Crippen LogP contribution in [0.5, 0.6) is 0 Å². The first-order chi connectivity index (χ1) is 30.5. The first kappa shape index (κ1) is 41.5. The van der Waals surface area contributed by atoms with Crippen LogP contribution < -0.4 is 14.3 Å². The molecular formula is C39H12BF15N6O3. The van der Waals surface area contributed by atoms with Crippen molar-refractivity contribution in [2.45, 2.75) is 0 Å². The van der Waals surface area contributed by atoms with Gasteiger partial charge in [0, 0.05) is 0 Å². The highest BCUT2D eigenvalue weighted by Crippen LogP contribution is 2.37. The van der Waals surface area contributed by atoms with Crippen LogP contribution in [-0.4, -0.2) is 36.5 Å². The van der Waals surface area contributed by atoms with Gasteiger partial charge in [-0.25, -0.2) is 80.8 Å². The van der Waals surface area contributed by atoms with Gasteiger partial charge in [-0.1, -0.05) is 36.4 Å². The molecule has 0 saturated heterocycles. The van der Waals surface area contributed by atoms with Gasteiger partial charge in [0.1, 0.15) is 16.6 Å². The number of fused-ring (bicyclic) bond motifs is 3. The van der Waals surface area contributed by atoms with Gasteiger partial charge in [-0.05, 0) is 36.4 Å². The fourth-order valence-electron chi connectivity index (χ4n) is 6.52. The van der Waals surface area contributed by atoms with Crippen molar-refractivity contribution in [1.29, 1.82) is 0 Å². The molecule has 0 spiro atoms. The lowest BCUT2D eigenvalue weighted by Gasteiger charge is -2.21. The summed E-state index contributed by atoms with van der Waals surface area (Å²) in [5, 5.41) is 0. The minimum atomic E-state index is -2.95. The average Bonchev–Trinajstić information content (AvgIpc) is 3.96. The van der Waals surface area contributed by atoms with E-state index >= 15 is 26.3 Å². The van der Waals surface area contributed by atoms with E-state index in [4.69, 9.17) is 14.3 Å². The lowest BCUT2D eigenvalue weighted by molar-refractivity contribution is 0.0814. The van der Waals surface area contributed by atoms with Gasteiger partial charge in [0.15, 0.2) is 87.3 Å². The maximum absolute atomic E-state index is 15.5. The van der Waals surface area contributed by atoms with E-state index in [1.54, 1.807) is 0 Å². The summed E-state index contributed by atoms with van der Waals surface area (Å²) in [7, 11) is -2.95. The number of aromatic nitrogens is 6. The van der Waals surface area contributed by atoms with Crippen LogP contribution in [0.25, 0.3) is 67.3 Å². The lowest BCUT2D eigenvalue weighted by atomic mass is 10.1. The number of halogens is 15. The normalized spacial score (nSPS) is 11.7. The van der Waals surface area contributed by atoms with Crippen molar-refractivity contribution < 1.29 is 80.1 Å². The number of rotatable bonds is 9. The molecule has 9 rings (SSSR count). The summed E-state index contributed by atoms with van der Waals surface area (Å²) in [4.78, 5) is 11.7. The molecular weight excluding hydrogens is 896 g/mol. The number of imidazole rings is 3. The average molecular weight is 908 g/mol. The predicted molar refractivity (Wildman–Crippen MR) is 190 cm³/mol. The van der Waals surface area contributed by atoms with Gasteiger partial charge in [0.05, 0.1) is 33.2 Å². The molecule has 0 amide bonds. The van der Waals surface area contributed by atoms with E-state index in [1.165, 1.54) is 36.4 Å². The maximum Gasteiger partial charge on any atom is 0.926 e. The minimum Gasteiger partial charge on any atom is -0.394 e. The Labute approximate surface area is 343 Å². The van der Waals surface area contributed by atoms with Gasteiger partial charge in [-0.15, -0.1) is 0 Å². The Morgan fingerprint density at radius 1 is 0.297 bits per heavy atom. The molecule has 0 aliphatic heterocycles. The van der Waals surface area contributed by atoms with Crippen LogP contribution in [0.15, 0.2) is 72.8 Å². The molecule has 9 nitrogen and oxygen atoms in total. The van der Waals surface area contributed by atoms with Gasteiger partial charge >= 0.3 is 7.32 Å². The Hall–Kier alpha value is -7.86. The van der Waals surface area contributed by atoms with Crippen molar-refractivity contribution in [2.75, 3.05) is 0 Å². The van der Waals surface area contributed by atoms with Crippen LogP contribution in [0.4, 0.5) is 65.9 Å². The standard InChI is InChI=1S/C39H12BF15N6O3/c41-22-19(23(42)29(48)34(53)28(22)47)37-56-13-7-1-4-10-16(13)59(37)62-40(63-60-17-11-5-2-8-14(17)57-38(60)20-24(43)30(49)35(54)31(50)25(20)44)64-61-18-12-6-3-9-15(18)58-39(61)21-26(45)32(51)36(55)33(52)27(21)46/h1-12H. The van der Waals surface area contributed by atoms with E-state index in [0.717, 1.165) is 36.4 Å². The fraction of sp³-hybridized carbons (Fsp3) is 0. The van der Waals surface area contributed by atoms with Gasteiger partial charge in [-0.3, -0.25) is 0 Å². The molecule has 3 heterocycles. The van der Waals surface area contributed by atoms with Crippen molar-refractivity contribution in [1.82, 2.24) is 29.1 Å². The molecule has 3 aromatic heterocycles. The Balaban J connectivity index is 1.33. The third-order valence-corrected chi connectivity index (χ3v) is 9.43. The first-order valence-electron chi connectivity index (χ1n) is 17.5. The SMILES string of the molecule is Fc1c(F)c(F)c(-c2nc3ccccc3n2OB(On2c(-c3c(F)c(F)c(F)c(F)c3F)nc3ccccc32)On2c(-c3c(F)c(F)c(F)c(F)c3F)nc3ccccc32)c(F)c1F. The second-order valence-electron chi connectivity index (χ2n) is 13.1. The third-order valence-electron chi connectivity index (χ3n) is 9.43. The van der Waals surface area contributed by atoms with E-state index in [-0.39, 0.29) is 30.7 Å². The highest BCUT2D eigenvalue weighted by Gasteiger charge is 2.42. The van der Waals surface area contributed by atoms with Gasteiger partial charge in [0.2, 0.25) is 17.5 Å². The highest BCUT2D eigenvalue weighted by atomic mass is 19.2. The van der Waals surface area contributed by atoms with E-state index in [0.29, 0.717) is 0 Å². The molecule has 25 heteroatoms. The predicted octanol–water partition coefficient (Wildman–Crippen LogP) is 9.49. The van der Waals surface area contributed by atoms with Crippen LogP contribution in [0.2, 0.25) is 0 Å². The van der Waals surface area contributed by atoms with Gasteiger partial charge < -0.3 is 14.3 Å². The topological polar surface area (TPSA) is 81.1 Å². The lowest BCUT2D eigenvalue weighted by Crippen LogP contribution is -2.49. The second kappa shape index (κ2) is 15.2. The summed E-state index contributed by atoms with van der Waals surface area (Å²) in [5.41, 5.74) is -7.52. The molecule has 0 atom stereocenters. The number of hydrogen-bond donors (Lipinski definition) is 0. The quantitative estimate of drug-likeness (QED) is 0.0622. The molecule has 324 valence electrons. The number of hydrogen-bond acceptors (Lipinski definition) is 6. The van der Waals surface area contributed by atoms with Crippen molar-refractivity contribution in [2.24, 2.45) is 0 Å². The van der Waals surface area contributed by atoms with Gasteiger partial charge in [-0.2, -0.15) is 14.2 Å². The Kier molecular flexibility index (Phi) is 9.85. The summed E-state index contributed by atoms with van der Waals surface area (Å²) in [6.07, 6.45) is 0. The summed E-state index contributed by atoms with van der Waals surface area (Å²) >= 11 is 0. The summed E-state index contributed by atoms with van der Waals surface area (Å²) in [6, 6.07) is 14.2. The zero-order valence-corrected chi connectivity index (χ0v) is 30.6. The van der Waals surface area contributed by atoms with Crippen LogP contribution >= 0.6 is 0 Å². The largest absolute Gasteiger partial charge is 0.926 e. The summed E-state index contributed by atoms with van der Waals surface area (Å²) < 4.78 is 242. The molecule has 0 N–H and O–H groups in total. The number of nitrogens with zero attached hydrogens (tertiary/aromatic N) is 6. The van der Waals surface area contributed by atoms with Gasteiger partial charge in [0.25, 0.3) is 0 Å². The van der Waals surface area contributed by atoms with E-state index in [2.05, 4.69) is 15.0 Å². The van der Waals surface area contributed by atoms with Crippen molar-refractivity contribution >= 4 is 40.4 Å². The fourth-order valence-corrected chi connectivity index (χ4v) is 6.52. The molecule has 0 bridgehead atoms. The van der Waals surface area contributed by atoms with Crippen LogP contribution in [0.1, 0.15) is 0 Å². The van der Waals surface area contributed by atoms with E-state index in [9.17, 15) is 39.5 Å². The Morgan fingerprint density at radius 2 is 0.500 bits per heavy atom. The Bertz CT molecular complexity index is 2990. The number of benzene rings is 6. The van der Waals surface area contributed by atoms with Crippen molar-refractivity contribution in [3.05, 3.63) is 160 Å². The molecule has 0 aliphatic carbocycles. The monoisotopic (exact) mass is 908 g/mol. The molecule has 0 radical (unpaired) electrons. The molecule has 0 aliphatic rings. The molecule has 6 aromatic carbocycles. The molecule has 0 fully saturated rings. The molecule has 9 aromatic rings. The zero-order chi connectivity index (χ0) is 45.6. The molecule has 0 unspecified atom stereocenters. The minimum absolute atomic E-state index is 0.215. The van der Waals surface area contributed by atoms with Crippen molar-refractivity contribution in [3.63, 3.8) is 0 Å². The van der Waals surface area contributed by atoms with Crippen LogP contribution in [0, 0.1) is 87.3 Å². The molecule has 64 heavy (non-hydrogen) atoms. The van der Waals surface area contributed by atoms with Crippen molar-refractivity contribution in [3.8, 4) is 34.2 Å². The maximum atomic E-state index is 15.5.